The van der Waals surface area contributed by atoms with Gasteiger partial charge in [0, 0.05) is 6.42 Å². The molecule has 7 heteroatoms. The van der Waals surface area contributed by atoms with Gasteiger partial charge in [0.15, 0.2) is 0 Å². The van der Waals surface area contributed by atoms with E-state index in [4.69, 9.17) is 4.74 Å². The van der Waals surface area contributed by atoms with Gasteiger partial charge in [-0.05, 0) is 19.8 Å². The average molecular weight is 279 g/mol. The molecule has 0 spiro atoms. The maximum atomic E-state index is 12.5. The van der Waals surface area contributed by atoms with E-state index in [1.807, 2.05) is 6.92 Å². The van der Waals surface area contributed by atoms with E-state index in [1.54, 1.807) is 0 Å². The Morgan fingerprint density at radius 2 is 2.30 bits per heavy atom. The number of rotatable bonds is 2. The molecule has 0 bridgehead atoms. The summed E-state index contributed by atoms with van der Waals surface area (Å²) >= 11 is 0. The molecule has 3 rings (SSSR count). The number of hydrogen-bond donors (Lipinski definition) is 2. The highest BCUT2D eigenvalue weighted by molar-refractivity contribution is 5.87. The second kappa shape index (κ2) is 4.90. The van der Waals surface area contributed by atoms with Gasteiger partial charge in [-0.1, -0.05) is 0 Å². The lowest BCUT2D eigenvalue weighted by Crippen LogP contribution is -2.52. The van der Waals surface area contributed by atoms with Crippen LogP contribution in [-0.4, -0.2) is 50.1 Å². The van der Waals surface area contributed by atoms with Crippen LogP contribution in [0.5, 0.6) is 0 Å². The summed E-state index contributed by atoms with van der Waals surface area (Å²) in [6.07, 6.45) is 2.79. The molecule has 0 aromatic carbocycles. The second-order valence-electron chi connectivity index (χ2n) is 5.36. The summed E-state index contributed by atoms with van der Waals surface area (Å²) in [5.41, 5.74) is 1.53. The molecule has 3 unspecified atom stereocenters. The van der Waals surface area contributed by atoms with Crippen LogP contribution in [0.1, 0.15) is 31.2 Å². The first-order valence-electron chi connectivity index (χ1n) is 6.76. The van der Waals surface area contributed by atoms with Crippen LogP contribution in [0.3, 0.4) is 0 Å². The van der Waals surface area contributed by atoms with Crippen LogP contribution in [0.2, 0.25) is 0 Å². The minimum Gasteiger partial charge on any atom is -0.480 e. The normalized spacial score (nSPS) is 29.2. The second-order valence-corrected chi connectivity index (χ2v) is 5.36. The topological polar surface area (TPSA) is 95.5 Å². The van der Waals surface area contributed by atoms with Crippen LogP contribution in [-0.2, 0) is 27.3 Å². The largest absolute Gasteiger partial charge is 0.480 e. The molecule has 108 valence electrons. The van der Waals surface area contributed by atoms with Gasteiger partial charge in [-0.25, -0.2) is 9.78 Å². The molecular formula is C13H17N3O4. The summed E-state index contributed by atoms with van der Waals surface area (Å²) < 4.78 is 5.56. The zero-order chi connectivity index (χ0) is 14.3. The first-order valence-corrected chi connectivity index (χ1v) is 6.76. The maximum Gasteiger partial charge on any atom is 0.326 e. The maximum absolute atomic E-state index is 12.5. The van der Waals surface area contributed by atoms with Crippen LogP contribution in [0.25, 0.3) is 0 Å². The van der Waals surface area contributed by atoms with Gasteiger partial charge in [0.1, 0.15) is 12.1 Å². The van der Waals surface area contributed by atoms with Crippen LogP contribution < -0.4 is 0 Å². The Labute approximate surface area is 115 Å². The number of hydrogen-bond acceptors (Lipinski definition) is 4. The third-order valence-corrected chi connectivity index (χ3v) is 3.97. The van der Waals surface area contributed by atoms with E-state index in [-0.39, 0.29) is 25.0 Å². The van der Waals surface area contributed by atoms with Crippen LogP contribution in [0, 0.1) is 0 Å². The van der Waals surface area contributed by atoms with E-state index in [2.05, 4.69) is 9.97 Å². The summed E-state index contributed by atoms with van der Waals surface area (Å²) in [6.45, 7) is 2.17. The quantitative estimate of drug-likeness (QED) is 0.812. The van der Waals surface area contributed by atoms with Crippen molar-refractivity contribution in [1.82, 2.24) is 14.9 Å². The predicted octanol–water partition coefficient (Wildman–Crippen LogP) is 0.315. The predicted molar refractivity (Wildman–Crippen MR) is 67.8 cm³/mol. The summed E-state index contributed by atoms with van der Waals surface area (Å²) in [6, 6.07) is -0.863. The van der Waals surface area contributed by atoms with Gasteiger partial charge < -0.3 is 19.7 Å². The Kier molecular flexibility index (Phi) is 3.21. The molecule has 3 heterocycles. The number of ether oxygens (including phenoxy) is 1. The van der Waals surface area contributed by atoms with E-state index in [1.165, 1.54) is 11.2 Å². The Hall–Kier alpha value is -1.89. The Morgan fingerprint density at radius 1 is 1.50 bits per heavy atom. The molecule has 2 aliphatic rings. The monoisotopic (exact) mass is 279 g/mol. The molecule has 0 saturated carbocycles. The van der Waals surface area contributed by atoms with Crippen molar-refractivity contribution in [3.63, 3.8) is 0 Å². The fourth-order valence-electron chi connectivity index (χ4n) is 2.86. The highest BCUT2D eigenvalue weighted by atomic mass is 16.5. The molecule has 2 N–H and O–H groups in total. The van der Waals surface area contributed by atoms with Gasteiger partial charge >= 0.3 is 5.97 Å². The van der Waals surface area contributed by atoms with Gasteiger partial charge in [-0.15, -0.1) is 0 Å². The van der Waals surface area contributed by atoms with Gasteiger partial charge in [-0.2, -0.15) is 0 Å². The molecule has 1 aromatic rings. The summed E-state index contributed by atoms with van der Waals surface area (Å²) in [4.78, 5) is 32.4. The van der Waals surface area contributed by atoms with Crippen molar-refractivity contribution in [2.75, 3.05) is 0 Å². The van der Waals surface area contributed by atoms with E-state index in [9.17, 15) is 14.7 Å². The highest BCUT2D eigenvalue weighted by Crippen LogP contribution is 2.26. The molecule has 1 amide bonds. The number of aromatic amines is 1. The number of H-pyrrole nitrogens is 1. The third kappa shape index (κ3) is 2.18. The Bertz CT molecular complexity index is 541. The first kappa shape index (κ1) is 13.1. The van der Waals surface area contributed by atoms with Crippen LogP contribution in [0.4, 0.5) is 0 Å². The van der Waals surface area contributed by atoms with Gasteiger partial charge in [-0.3, -0.25) is 4.79 Å². The summed E-state index contributed by atoms with van der Waals surface area (Å²) in [5.74, 6) is -1.24. The van der Waals surface area contributed by atoms with Crippen molar-refractivity contribution >= 4 is 11.9 Å². The molecule has 1 fully saturated rings. The van der Waals surface area contributed by atoms with E-state index in [0.29, 0.717) is 6.42 Å². The van der Waals surface area contributed by atoms with E-state index >= 15 is 0 Å². The number of aliphatic carboxylic acids is 1. The van der Waals surface area contributed by atoms with Crippen molar-refractivity contribution in [2.24, 2.45) is 0 Å². The molecule has 7 nitrogen and oxygen atoms in total. The fourth-order valence-corrected chi connectivity index (χ4v) is 2.86. The minimum atomic E-state index is -1.00. The van der Waals surface area contributed by atoms with Crippen molar-refractivity contribution in [2.45, 2.75) is 51.0 Å². The lowest BCUT2D eigenvalue weighted by Gasteiger charge is -2.33. The lowest BCUT2D eigenvalue weighted by atomic mass is 10.0. The van der Waals surface area contributed by atoms with Gasteiger partial charge in [0.05, 0.1) is 30.4 Å². The molecule has 20 heavy (non-hydrogen) atoms. The van der Waals surface area contributed by atoms with Gasteiger partial charge in [0.2, 0.25) is 0 Å². The Morgan fingerprint density at radius 3 is 2.95 bits per heavy atom. The number of nitrogens with zero attached hydrogens (tertiary/aromatic N) is 2. The SMILES string of the molecule is CC1CCC(C(=O)N2Cc3[nH]cnc3CC2C(=O)O)O1. The van der Waals surface area contributed by atoms with E-state index < -0.39 is 18.1 Å². The summed E-state index contributed by atoms with van der Waals surface area (Å²) in [5, 5.41) is 9.34. The van der Waals surface area contributed by atoms with Crippen molar-refractivity contribution in [3.05, 3.63) is 17.7 Å². The molecule has 0 aliphatic carbocycles. The zero-order valence-corrected chi connectivity index (χ0v) is 11.2. The van der Waals surface area contributed by atoms with Crippen LogP contribution >= 0.6 is 0 Å². The Balaban J connectivity index is 1.83. The smallest absolute Gasteiger partial charge is 0.326 e. The standard InChI is InChI=1S/C13H17N3O4/c1-7-2-3-11(20-7)12(17)16-5-9-8(14-6-15-9)4-10(16)13(18)19/h6-7,10-11H,2-5H2,1H3,(H,14,15)(H,18,19). The summed E-state index contributed by atoms with van der Waals surface area (Å²) in [7, 11) is 0. The minimum absolute atomic E-state index is 0.0553. The number of carbonyl (C=O) groups excluding carboxylic acids is 1. The molecule has 3 atom stereocenters. The van der Waals surface area contributed by atoms with Crippen molar-refractivity contribution in [3.8, 4) is 0 Å². The number of amides is 1. The van der Waals surface area contributed by atoms with Crippen LogP contribution in [0.15, 0.2) is 6.33 Å². The van der Waals surface area contributed by atoms with Gasteiger partial charge in [0.25, 0.3) is 5.91 Å². The number of imidazole rings is 1. The van der Waals surface area contributed by atoms with E-state index in [0.717, 1.165) is 17.8 Å². The first-order chi connectivity index (χ1) is 9.56. The number of carboxylic acids is 1. The fraction of sp³-hybridized carbons (Fsp3) is 0.615. The van der Waals surface area contributed by atoms with Crippen molar-refractivity contribution < 1.29 is 19.4 Å². The third-order valence-electron chi connectivity index (χ3n) is 3.97. The number of aromatic nitrogens is 2. The molecule has 2 aliphatic heterocycles. The average Bonchev–Trinajstić information content (AvgIpc) is 3.04. The van der Waals surface area contributed by atoms with Crippen molar-refractivity contribution in [1.29, 1.82) is 0 Å². The number of carbonyl (C=O) groups is 2. The molecule has 1 aromatic heterocycles. The zero-order valence-electron chi connectivity index (χ0n) is 11.2. The molecular weight excluding hydrogens is 262 g/mol. The molecule has 0 radical (unpaired) electrons. The lowest BCUT2D eigenvalue weighted by molar-refractivity contribution is -0.157. The number of nitrogens with one attached hydrogen (secondary N) is 1. The molecule has 1 saturated heterocycles. The number of fused-ring (bicyclic) bond motifs is 1. The highest BCUT2D eigenvalue weighted by Gasteiger charge is 2.40. The number of carboxylic acid groups (broad SMARTS) is 1.